The van der Waals surface area contributed by atoms with Gasteiger partial charge in [0.15, 0.2) is 0 Å². The van der Waals surface area contributed by atoms with Crippen molar-refractivity contribution in [3.63, 3.8) is 0 Å². The van der Waals surface area contributed by atoms with Crippen LogP contribution in [0, 0.1) is 0 Å². The first-order valence-electron chi connectivity index (χ1n) is 8.03. The number of thioether (sulfide) groups is 1. The van der Waals surface area contributed by atoms with Crippen LogP contribution < -0.4 is 9.64 Å². The lowest BCUT2D eigenvalue weighted by Gasteiger charge is -2.17. The fourth-order valence-electron chi connectivity index (χ4n) is 2.99. The first kappa shape index (κ1) is 14.6. The average molecular weight is 325 g/mol. The molecule has 118 valence electrons. The van der Waals surface area contributed by atoms with E-state index in [1.165, 1.54) is 36.2 Å². The Morgan fingerprint density at radius 2 is 1.91 bits per heavy atom. The van der Waals surface area contributed by atoms with E-state index in [4.69, 9.17) is 4.74 Å². The van der Waals surface area contributed by atoms with Crippen LogP contribution in [0.15, 0.2) is 49.1 Å². The predicted octanol–water partition coefficient (Wildman–Crippen LogP) is 4.31. The molecule has 4 rings (SSSR count). The van der Waals surface area contributed by atoms with Crippen LogP contribution >= 0.6 is 11.8 Å². The number of hydrogen-bond acceptors (Lipinski definition) is 5. The van der Waals surface area contributed by atoms with Gasteiger partial charge >= 0.3 is 0 Å². The molecule has 2 aromatic heterocycles. The highest BCUT2D eigenvalue weighted by atomic mass is 32.2. The van der Waals surface area contributed by atoms with E-state index in [1.54, 1.807) is 0 Å². The molecule has 2 aromatic rings. The Bertz CT molecular complexity index is 698. The maximum absolute atomic E-state index is 6.08. The van der Waals surface area contributed by atoms with Gasteiger partial charge in [0.2, 0.25) is 0 Å². The molecule has 0 unspecified atom stereocenters. The topological polar surface area (TPSA) is 38.2 Å². The summed E-state index contributed by atoms with van der Waals surface area (Å²) in [6, 6.07) is 8.08. The molecule has 1 saturated carbocycles. The Labute approximate surface area is 140 Å². The lowest BCUT2D eigenvalue weighted by molar-refractivity contribution is 0.210. The van der Waals surface area contributed by atoms with E-state index in [0.29, 0.717) is 6.10 Å². The number of nitrogens with zero attached hydrogens (tertiary/aromatic N) is 3. The minimum atomic E-state index is 0.376. The van der Waals surface area contributed by atoms with Crippen LogP contribution in [0.4, 0.5) is 5.82 Å². The molecule has 23 heavy (non-hydrogen) atoms. The zero-order valence-corrected chi connectivity index (χ0v) is 13.7. The smallest absolute Gasteiger partial charge is 0.136 e. The number of hydrogen-bond donors (Lipinski definition) is 0. The number of pyridine rings is 2. The fourth-order valence-corrected chi connectivity index (χ4v) is 3.98. The monoisotopic (exact) mass is 325 g/mol. The molecule has 3 heterocycles. The minimum absolute atomic E-state index is 0.376. The van der Waals surface area contributed by atoms with Gasteiger partial charge in [-0.25, -0.2) is 4.98 Å². The lowest BCUT2D eigenvalue weighted by atomic mass is 10.2. The molecule has 0 radical (unpaired) electrons. The van der Waals surface area contributed by atoms with Crippen LogP contribution in [0.3, 0.4) is 0 Å². The van der Waals surface area contributed by atoms with Crippen molar-refractivity contribution in [1.82, 2.24) is 9.97 Å². The van der Waals surface area contributed by atoms with Crippen LogP contribution in [0.5, 0.6) is 5.75 Å². The summed E-state index contributed by atoms with van der Waals surface area (Å²) in [5, 5.41) is 0. The third-order valence-corrected chi connectivity index (χ3v) is 5.27. The summed E-state index contributed by atoms with van der Waals surface area (Å²) in [7, 11) is 0. The number of rotatable bonds is 4. The Morgan fingerprint density at radius 1 is 1.09 bits per heavy atom. The van der Waals surface area contributed by atoms with Crippen LogP contribution in [-0.2, 0) is 0 Å². The number of anilines is 1. The molecular weight excluding hydrogens is 306 g/mol. The summed E-state index contributed by atoms with van der Waals surface area (Å²) >= 11 is 1.82. The van der Waals surface area contributed by atoms with Gasteiger partial charge in [-0.05, 0) is 49.4 Å². The van der Waals surface area contributed by atoms with Gasteiger partial charge in [-0.15, -0.1) is 11.8 Å². The van der Waals surface area contributed by atoms with E-state index in [1.807, 2.05) is 54.6 Å². The molecular formula is C18H19N3OS. The Hall–Kier alpha value is -2.01. The zero-order chi connectivity index (χ0) is 15.5. The van der Waals surface area contributed by atoms with E-state index in [-0.39, 0.29) is 0 Å². The molecule has 0 N–H and O–H groups in total. The predicted molar refractivity (Wildman–Crippen MR) is 94.3 cm³/mol. The average Bonchev–Trinajstić information content (AvgIpc) is 3.28. The summed E-state index contributed by atoms with van der Waals surface area (Å²) in [6.45, 7) is 0. The quantitative estimate of drug-likeness (QED) is 0.837. The molecule has 0 amide bonds. The summed E-state index contributed by atoms with van der Waals surface area (Å²) in [5.41, 5.74) is 1.20. The molecule has 5 heteroatoms. The lowest BCUT2D eigenvalue weighted by Crippen LogP contribution is -2.14. The van der Waals surface area contributed by atoms with E-state index in [9.17, 15) is 0 Å². The summed E-state index contributed by atoms with van der Waals surface area (Å²) < 4.78 is 6.08. The molecule has 0 saturated heterocycles. The van der Waals surface area contributed by atoms with Crippen molar-refractivity contribution in [3.05, 3.63) is 54.6 Å². The van der Waals surface area contributed by atoms with E-state index >= 15 is 0 Å². The first-order valence-corrected chi connectivity index (χ1v) is 9.01. The first-order chi connectivity index (χ1) is 11.4. The van der Waals surface area contributed by atoms with Gasteiger partial charge in [-0.2, -0.15) is 0 Å². The van der Waals surface area contributed by atoms with Gasteiger partial charge < -0.3 is 9.64 Å². The van der Waals surface area contributed by atoms with Gasteiger partial charge in [0, 0.05) is 35.8 Å². The highest BCUT2D eigenvalue weighted by molar-refractivity contribution is 8.08. The van der Waals surface area contributed by atoms with Crippen LogP contribution in [-0.4, -0.2) is 21.9 Å². The maximum Gasteiger partial charge on any atom is 0.136 e. The van der Waals surface area contributed by atoms with Crippen LogP contribution in [0.2, 0.25) is 0 Å². The minimum Gasteiger partial charge on any atom is -0.490 e. The van der Waals surface area contributed by atoms with Gasteiger partial charge in [-0.3, -0.25) is 4.98 Å². The van der Waals surface area contributed by atoms with Gasteiger partial charge in [0.1, 0.15) is 11.6 Å². The Morgan fingerprint density at radius 3 is 2.74 bits per heavy atom. The van der Waals surface area contributed by atoms with Gasteiger partial charge in [0.25, 0.3) is 0 Å². The van der Waals surface area contributed by atoms with E-state index in [0.717, 1.165) is 17.4 Å². The van der Waals surface area contributed by atoms with Crippen molar-refractivity contribution in [2.75, 3.05) is 10.8 Å². The van der Waals surface area contributed by atoms with Crippen molar-refractivity contribution in [2.24, 2.45) is 0 Å². The maximum atomic E-state index is 6.08. The molecule has 0 atom stereocenters. The van der Waals surface area contributed by atoms with E-state index < -0.39 is 0 Å². The van der Waals surface area contributed by atoms with Gasteiger partial charge in [0.05, 0.1) is 12.0 Å². The highest BCUT2D eigenvalue weighted by Gasteiger charge is 2.19. The largest absolute Gasteiger partial charge is 0.490 e. The van der Waals surface area contributed by atoms with Crippen molar-refractivity contribution in [3.8, 4) is 5.75 Å². The van der Waals surface area contributed by atoms with Crippen molar-refractivity contribution in [2.45, 2.75) is 31.8 Å². The van der Waals surface area contributed by atoms with Crippen LogP contribution in [0.1, 0.15) is 31.2 Å². The molecule has 1 aliphatic heterocycles. The standard InChI is InChI=1S/C18H19N3OS/c1-2-4-15(3-1)22-16-7-10-20-18(11-16)21-12-17(23-13-21)14-5-8-19-9-6-14/h5-12,15H,1-4,13H2. The molecule has 0 spiro atoms. The molecule has 1 aliphatic carbocycles. The van der Waals surface area contributed by atoms with Crippen molar-refractivity contribution < 1.29 is 4.74 Å². The molecule has 2 aliphatic rings. The molecule has 1 fully saturated rings. The second-order valence-electron chi connectivity index (χ2n) is 5.85. The van der Waals surface area contributed by atoms with Gasteiger partial charge in [-0.1, -0.05) is 0 Å². The third kappa shape index (κ3) is 3.34. The SMILES string of the molecule is C1=C(c2ccncc2)SCN1c1cc(OC2CCCC2)ccn1. The van der Waals surface area contributed by atoms with Crippen molar-refractivity contribution in [1.29, 1.82) is 0 Å². The number of aromatic nitrogens is 2. The fraction of sp³-hybridized carbons (Fsp3) is 0.333. The van der Waals surface area contributed by atoms with Crippen molar-refractivity contribution >= 4 is 22.5 Å². The van der Waals surface area contributed by atoms with E-state index in [2.05, 4.69) is 21.1 Å². The highest BCUT2D eigenvalue weighted by Crippen LogP contribution is 2.36. The third-order valence-electron chi connectivity index (χ3n) is 4.21. The molecule has 0 bridgehead atoms. The molecule has 4 nitrogen and oxygen atoms in total. The second-order valence-corrected chi connectivity index (χ2v) is 6.83. The normalized spacial score (nSPS) is 18.3. The molecule has 0 aromatic carbocycles. The zero-order valence-electron chi connectivity index (χ0n) is 12.9. The number of ether oxygens (including phenoxy) is 1. The van der Waals surface area contributed by atoms with Crippen LogP contribution in [0.25, 0.3) is 4.91 Å². The summed E-state index contributed by atoms with van der Waals surface area (Å²) in [6.07, 6.45) is 12.9. The Kier molecular flexibility index (Phi) is 4.20. The summed E-state index contributed by atoms with van der Waals surface area (Å²) in [4.78, 5) is 12.0. The second kappa shape index (κ2) is 6.62. The summed E-state index contributed by atoms with van der Waals surface area (Å²) in [5.74, 6) is 2.74. The Balaban J connectivity index is 1.51.